The van der Waals surface area contributed by atoms with Gasteiger partial charge in [-0.25, -0.2) is 0 Å². The lowest BCUT2D eigenvalue weighted by atomic mass is 9.87. The number of ether oxygens (including phenoxy) is 1. The Hall–Kier alpha value is -2.99. The summed E-state index contributed by atoms with van der Waals surface area (Å²) in [5, 5.41) is 4.46. The molecule has 0 bridgehead atoms. The highest BCUT2D eigenvalue weighted by Crippen LogP contribution is 2.25. The van der Waals surface area contributed by atoms with Gasteiger partial charge in [-0.2, -0.15) is 9.50 Å². The monoisotopic (exact) mass is 433 g/mol. The number of rotatable bonds is 6. The quantitative estimate of drug-likeness (QED) is 0.408. The van der Waals surface area contributed by atoms with E-state index >= 15 is 0 Å². The van der Waals surface area contributed by atoms with Gasteiger partial charge in [0.25, 0.3) is 5.56 Å². The fourth-order valence-electron chi connectivity index (χ4n) is 3.22. The Bertz CT molecular complexity index is 1280. The number of unbranched alkanes of at least 4 members (excludes halogenated alkanes) is 1. The van der Waals surface area contributed by atoms with Crippen LogP contribution in [0.15, 0.2) is 53.3 Å². The van der Waals surface area contributed by atoms with E-state index < -0.39 is 0 Å². The molecule has 0 fully saturated rings. The summed E-state index contributed by atoms with van der Waals surface area (Å²) in [7, 11) is 0. The minimum Gasteiger partial charge on any atom is -0.494 e. The molecule has 0 aliphatic carbocycles. The van der Waals surface area contributed by atoms with Gasteiger partial charge in [-0.05, 0) is 41.2 Å². The van der Waals surface area contributed by atoms with Crippen LogP contribution in [0, 0.1) is 0 Å². The van der Waals surface area contributed by atoms with E-state index in [0.29, 0.717) is 15.3 Å². The molecule has 0 N–H and O–H groups in total. The molecule has 5 nitrogen and oxygen atoms in total. The van der Waals surface area contributed by atoms with E-state index in [9.17, 15) is 4.79 Å². The van der Waals surface area contributed by atoms with Crippen LogP contribution in [0.25, 0.3) is 22.4 Å². The van der Waals surface area contributed by atoms with Gasteiger partial charge in [0.2, 0.25) is 4.96 Å². The molecule has 0 aliphatic rings. The molecular weight excluding hydrogens is 406 g/mol. The molecule has 0 atom stereocenters. The van der Waals surface area contributed by atoms with Crippen LogP contribution in [0.1, 0.15) is 51.7 Å². The third kappa shape index (κ3) is 4.69. The van der Waals surface area contributed by atoms with E-state index in [0.717, 1.165) is 36.3 Å². The summed E-state index contributed by atoms with van der Waals surface area (Å²) in [5.74, 6) is 1.42. The lowest BCUT2D eigenvalue weighted by Gasteiger charge is -2.18. The van der Waals surface area contributed by atoms with Crippen LogP contribution < -0.4 is 14.8 Å². The van der Waals surface area contributed by atoms with Gasteiger partial charge in [0, 0.05) is 5.56 Å². The Balaban J connectivity index is 1.58. The SMILES string of the molecule is CCCCOc1ccc(/C=c2/sc3nc(-c4ccc(C(C)(C)C)cc4)nn3c2=O)cc1. The molecule has 4 aromatic rings. The molecule has 2 aromatic heterocycles. The Morgan fingerprint density at radius 1 is 1.06 bits per heavy atom. The number of hydrogen-bond acceptors (Lipinski definition) is 5. The lowest BCUT2D eigenvalue weighted by Crippen LogP contribution is -2.23. The van der Waals surface area contributed by atoms with Gasteiger partial charge < -0.3 is 4.74 Å². The summed E-state index contributed by atoms with van der Waals surface area (Å²) in [4.78, 5) is 18.0. The second-order valence-corrected chi connectivity index (χ2v) is 9.65. The van der Waals surface area contributed by atoms with Crippen molar-refractivity contribution in [3.05, 3.63) is 74.5 Å². The standard InChI is InChI=1S/C25H27N3O2S/c1-5-6-15-30-20-13-7-17(8-14-20)16-21-23(29)28-24(31-21)26-22(27-28)18-9-11-19(12-10-18)25(2,3)4/h7-14,16H,5-6,15H2,1-4H3/b21-16+. The third-order valence-electron chi connectivity index (χ3n) is 5.14. The number of hydrogen-bond donors (Lipinski definition) is 0. The number of thiazole rings is 1. The Kier molecular flexibility index (Phi) is 5.92. The summed E-state index contributed by atoms with van der Waals surface area (Å²) in [6, 6.07) is 16.0. The molecule has 0 saturated heterocycles. The van der Waals surface area contributed by atoms with Crippen LogP contribution in [0.3, 0.4) is 0 Å². The summed E-state index contributed by atoms with van der Waals surface area (Å²) in [5.41, 5.74) is 3.05. The molecule has 0 radical (unpaired) electrons. The molecule has 6 heteroatoms. The van der Waals surface area contributed by atoms with E-state index in [2.05, 4.69) is 49.9 Å². The zero-order valence-electron chi connectivity index (χ0n) is 18.4. The minimum absolute atomic E-state index is 0.0905. The highest BCUT2D eigenvalue weighted by atomic mass is 32.1. The van der Waals surface area contributed by atoms with Crippen molar-refractivity contribution in [2.45, 2.75) is 46.0 Å². The molecule has 31 heavy (non-hydrogen) atoms. The highest BCUT2D eigenvalue weighted by Gasteiger charge is 2.15. The Morgan fingerprint density at radius 2 is 1.77 bits per heavy atom. The summed E-state index contributed by atoms with van der Waals surface area (Å²) >= 11 is 1.35. The van der Waals surface area contributed by atoms with Crippen LogP contribution in [0.4, 0.5) is 0 Å². The minimum atomic E-state index is -0.145. The van der Waals surface area contributed by atoms with Gasteiger partial charge >= 0.3 is 0 Å². The first-order valence-electron chi connectivity index (χ1n) is 10.6. The average Bonchev–Trinajstić information content (AvgIpc) is 3.29. The van der Waals surface area contributed by atoms with Crippen LogP contribution in [-0.2, 0) is 5.41 Å². The summed E-state index contributed by atoms with van der Waals surface area (Å²) in [6.45, 7) is 9.41. The molecule has 2 heterocycles. The van der Waals surface area contributed by atoms with Gasteiger partial charge in [-0.15, -0.1) is 5.10 Å². The number of aromatic nitrogens is 3. The molecule has 0 amide bonds. The van der Waals surface area contributed by atoms with Gasteiger partial charge in [-0.1, -0.05) is 81.9 Å². The molecule has 0 saturated carbocycles. The van der Waals surface area contributed by atoms with Gasteiger partial charge in [0.1, 0.15) is 5.75 Å². The second-order valence-electron chi connectivity index (χ2n) is 8.64. The van der Waals surface area contributed by atoms with Crippen molar-refractivity contribution in [2.75, 3.05) is 6.61 Å². The maximum atomic E-state index is 12.8. The topological polar surface area (TPSA) is 56.5 Å². The average molecular weight is 434 g/mol. The lowest BCUT2D eigenvalue weighted by molar-refractivity contribution is 0.309. The molecule has 160 valence electrons. The van der Waals surface area contributed by atoms with E-state index in [-0.39, 0.29) is 11.0 Å². The largest absolute Gasteiger partial charge is 0.494 e. The maximum absolute atomic E-state index is 12.8. The van der Waals surface area contributed by atoms with Crippen molar-refractivity contribution >= 4 is 22.4 Å². The van der Waals surface area contributed by atoms with Crippen molar-refractivity contribution in [1.29, 1.82) is 0 Å². The van der Waals surface area contributed by atoms with Gasteiger partial charge in [0.05, 0.1) is 11.1 Å². The predicted octanol–water partition coefficient (Wildman–Crippen LogP) is 4.84. The maximum Gasteiger partial charge on any atom is 0.291 e. The van der Waals surface area contributed by atoms with Gasteiger partial charge in [0.15, 0.2) is 5.82 Å². The first-order valence-corrected chi connectivity index (χ1v) is 11.4. The zero-order chi connectivity index (χ0) is 22.0. The van der Waals surface area contributed by atoms with E-state index in [4.69, 9.17) is 4.74 Å². The van der Waals surface area contributed by atoms with Crippen LogP contribution >= 0.6 is 11.3 Å². The smallest absolute Gasteiger partial charge is 0.291 e. The molecule has 0 spiro atoms. The van der Waals surface area contributed by atoms with E-state index in [1.54, 1.807) is 0 Å². The van der Waals surface area contributed by atoms with Crippen molar-refractivity contribution in [2.24, 2.45) is 0 Å². The van der Waals surface area contributed by atoms with Crippen LogP contribution in [-0.4, -0.2) is 21.2 Å². The second kappa shape index (κ2) is 8.63. The molecule has 0 aliphatic heterocycles. The Morgan fingerprint density at radius 3 is 2.39 bits per heavy atom. The van der Waals surface area contributed by atoms with Crippen molar-refractivity contribution in [3.63, 3.8) is 0 Å². The fourth-order valence-corrected chi connectivity index (χ4v) is 4.13. The van der Waals surface area contributed by atoms with Crippen molar-refractivity contribution in [3.8, 4) is 17.1 Å². The predicted molar refractivity (Wildman–Crippen MR) is 127 cm³/mol. The Labute approximate surface area is 186 Å². The van der Waals surface area contributed by atoms with E-state index in [1.807, 2.05) is 42.5 Å². The van der Waals surface area contributed by atoms with E-state index in [1.165, 1.54) is 21.4 Å². The zero-order valence-corrected chi connectivity index (χ0v) is 19.2. The molecule has 2 aromatic carbocycles. The summed E-state index contributed by atoms with van der Waals surface area (Å²) < 4.78 is 7.70. The van der Waals surface area contributed by atoms with Crippen molar-refractivity contribution in [1.82, 2.24) is 14.6 Å². The molecule has 4 rings (SSSR count). The first-order chi connectivity index (χ1) is 14.8. The van der Waals surface area contributed by atoms with Gasteiger partial charge in [-0.3, -0.25) is 4.79 Å². The summed E-state index contributed by atoms with van der Waals surface area (Å²) in [6.07, 6.45) is 4.02. The number of benzene rings is 2. The fraction of sp³-hybridized carbons (Fsp3) is 0.320. The van der Waals surface area contributed by atoms with Crippen molar-refractivity contribution < 1.29 is 4.74 Å². The first kappa shape index (κ1) is 21.2. The van der Waals surface area contributed by atoms with Crippen LogP contribution in [0.5, 0.6) is 5.75 Å². The molecular formula is C25H27N3O2S. The highest BCUT2D eigenvalue weighted by molar-refractivity contribution is 7.15. The van der Waals surface area contributed by atoms with Crippen LogP contribution in [0.2, 0.25) is 0 Å². The number of nitrogens with zero attached hydrogens (tertiary/aromatic N) is 3. The third-order valence-corrected chi connectivity index (χ3v) is 6.09. The number of fused-ring (bicyclic) bond motifs is 1. The molecule has 0 unspecified atom stereocenters. The normalized spacial score (nSPS) is 12.6.